The zero-order chi connectivity index (χ0) is 27.4. The summed E-state index contributed by atoms with van der Waals surface area (Å²) >= 11 is 0. The number of carbonyl (C=O) groups excluding carboxylic acids is 2. The van der Waals surface area contributed by atoms with Crippen LogP contribution in [0.15, 0.2) is 54.9 Å². The van der Waals surface area contributed by atoms with Crippen LogP contribution in [-0.2, 0) is 22.6 Å². The molecule has 198 valence electrons. The number of fused-ring (bicyclic) bond motifs is 1. The highest BCUT2D eigenvalue weighted by molar-refractivity contribution is 6.00. The maximum atomic E-state index is 13.5. The summed E-state index contributed by atoms with van der Waals surface area (Å²) in [5, 5.41) is 20.2. The predicted octanol–water partition coefficient (Wildman–Crippen LogP) is 4.47. The third-order valence-electron chi connectivity index (χ3n) is 6.71. The zero-order valence-electron chi connectivity index (χ0n) is 22.1. The van der Waals surface area contributed by atoms with Crippen molar-refractivity contribution in [2.24, 2.45) is 0 Å². The summed E-state index contributed by atoms with van der Waals surface area (Å²) < 4.78 is 3.72. The molecule has 9 heteroatoms. The van der Waals surface area contributed by atoms with E-state index in [0.717, 1.165) is 33.3 Å². The Morgan fingerprint density at radius 2 is 1.87 bits per heavy atom. The smallest absolute Gasteiger partial charge is 0.303 e. The number of aromatic nitrogens is 3. The number of aliphatic carboxylic acids is 1. The Morgan fingerprint density at radius 1 is 1.08 bits per heavy atom. The Bertz CT molecular complexity index is 1500. The van der Waals surface area contributed by atoms with Crippen molar-refractivity contribution in [3.05, 3.63) is 82.8 Å². The molecule has 2 heterocycles. The Balaban J connectivity index is 1.62. The second-order valence-corrected chi connectivity index (χ2v) is 9.59. The van der Waals surface area contributed by atoms with Crippen molar-refractivity contribution >= 4 is 34.4 Å². The van der Waals surface area contributed by atoms with Crippen LogP contribution in [0, 0.1) is 13.8 Å². The van der Waals surface area contributed by atoms with E-state index in [0.29, 0.717) is 30.6 Å². The van der Waals surface area contributed by atoms with Crippen LogP contribution in [-0.4, -0.2) is 44.3 Å². The fourth-order valence-corrected chi connectivity index (χ4v) is 4.62. The monoisotopic (exact) mass is 515 g/mol. The summed E-state index contributed by atoms with van der Waals surface area (Å²) in [6.45, 7) is 6.27. The molecule has 0 aliphatic rings. The summed E-state index contributed by atoms with van der Waals surface area (Å²) in [6, 6.07) is 12.7. The number of carboxylic acids is 1. The highest BCUT2D eigenvalue weighted by atomic mass is 16.4. The van der Waals surface area contributed by atoms with Crippen LogP contribution >= 0.6 is 0 Å². The van der Waals surface area contributed by atoms with Crippen molar-refractivity contribution in [1.29, 1.82) is 0 Å². The van der Waals surface area contributed by atoms with Gasteiger partial charge in [-0.3, -0.25) is 19.1 Å². The second-order valence-electron chi connectivity index (χ2n) is 9.59. The van der Waals surface area contributed by atoms with E-state index in [9.17, 15) is 14.4 Å². The Hall–Kier alpha value is -4.40. The first-order valence-electron chi connectivity index (χ1n) is 12.6. The number of anilines is 1. The first-order valence-corrected chi connectivity index (χ1v) is 12.6. The van der Waals surface area contributed by atoms with E-state index in [4.69, 9.17) is 5.11 Å². The molecule has 0 spiro atoms. The van der Waals surface area contributed by atoms with Gasteiger partial charge in [0.2, 0.25) is 5.91 Å². The first kappa shape index (κ1) is 26.7. The second kappa shape index (κ2) is 11.3. The van der Waals surface area contributed by atoms with E-state index < -0.39 is 12.0 Å². The Morgan fingerprint density at radius 3 is 2.55 bits per heavy atom. The molecule has 4 rings (SSSR count). The molecule has 0 aliphatic carbocycles. The van der Waals surface area contributed by atoms with Gasteiger partial charge in [0, 0.05) is 48.0 Å². The number of aryl methyl sites for hydroxylation is 3. The quantitative estimate of drug-likeness (QED) is 0.288. The van der Waals surface area contributed by atoms with Gasteiger partial charge >= 0.3 is 5.97 Å². The van der Waals surface area contributed by atoms with Crippen molar-refractivity contribution in [3.63, 3.8) is 0 Å². The molecule has 2 aromatic heterocycles. The zero-order valence-corrected chi connectivity index (χ0v) is 22.1. The molecule has 9 nitrogen and oxygen atoms in total. The van der Waals surface area contributed by atoms with E-state index in [1.165, 1.54) is 0 Å². The lowest BCUT2D eigenvalue weighted by molar-refractivity contribution is -0.137. The number of nitrogens with zero attached hydrogens (tertiary/aromatic N) is 3. The standard InChI is InChI=1S/C29H33N5O4/c1-18-16-34(26-15-23(29(38)30-4)10-11-24(18)26)20(3)28(37)31-25-14-21(17-33-13-12-19(2)32-33)8-9-22(25)6-5-7-27(35)36/h8-16,20H,5-7,17H2,1-4H3,(H,30,38)(H,31,37)(H,35,36)/t20-/m1/s1. The highest BCUT2D eigenvalue weighted by Gasteiger charge is 2.20. The first-order chi connectivity index (χ1) is 18.2. The number of carboxylic acid groups (broad SMARTS) is 1. The topological polar surface area (TPSA) is 118 Å². The number of amides is 2. The minimum atomic E-state index is -0.846. The van der Waals surface area contributed by atoms with E-state index in [-0.39, 0.29) is 18.2 Å². The van der Waals surface area contributed by atoms with Gasteiger partial charge in [-0.1, -0.05) is 18.2 Å². The van der Waals surface area contributed by atoms with Gasteiger partial charge < -0.3 is 20.3 Å². The SMILES string of the molecule is CNC(=O)c1ccc2c(C)cn([C@H](C)C(=O)Nc3cc(Cn4ccc(C)n4)ccc3CCCC(=O)O)c2c1. The van der Waals surface area contributed by atoms with Crippen molar-refractivity contribution < 1.29 is 19.5 Å². The summed E-state index contributed by atoms with van der Waals surface area (Å²) in [6.07, 6.45) is 4.88. The van der Waals surface area contributed by atoms with Gasteiger partial charge in [-0.15, -0.1) is 0 Å². The molecule has 2 amide bonds. The van der Waals surface area contributed by atoms with Crippen LogP contribution in [0.1, 0.15) is 58.5 Å². The van der Waals surface area contributed by atoms with E-state index in [1.807, 2.05) is 72.7 Å². The van der Waals surface area contributed by atoms with Crippen LogP contribution in [0.2, 0.25) is 0 Å². The van der Waals surface area contributed by atoms with Gasteiger partial charge in [0.25, 0.3) is 5.91 Å². The third kappa shape index (κ3) is 5.94. The van der Waals surface area contributed by atoms with Crippen LogP contribution in [0.3, 0.4) is 0 Å². The number of nitrogens with one attached hydrogen (secondary N) is 2. The van der Waals surface area contributed by atoms with Crippen molar-refractivity contribution in [2.75, 3.05) is 12.4 Å². The van der Waals surface area contributed by atoms with Gasteiger partial charge in [0.15, 0.2) is 0 Å². The highest BCUT2D eigenvalue weighted by Crippen LogP contribution is 2.27. The number of benzene rings is 2. The van der Waals surface area contributed by atoms with Crippen molar-refractivity contribution in [2.45, 2.75) is 52.6 Å². The fourth-order valence-electron chi connectivity index (χ4n) is 4.62. The fraction of sp³-hybridized carbons (Fsp3) is 0.310. The van der Waals surface area contributed by atoms with Gasteiger partial charge in [-0.2, -0.15) is 5.10 Å². The minimum absolute atomic E-state index is 0.0560. The van der Waals surface area contributed by atoms with Crippen LogP contribution < -0.4 is 10.6 Å². The number of carbonyl (C=O) groups is 3. The molecule has 0 saturated heterocycles. The molecular weight excluding hydrogens is 482 g/mol. The molecular formula is C29H33N5O4. The molecule has 4 aromatic rings. The molecule has 1 atom stereocenters. The third-order valence-corrected chi connectivity index (χ3v) is 6.71. The summed E-state index contributed by atoms with van der Waals surface area (Å²) in [5.74, 6) is -1.25. The maximum Gasteiger partial charge on any atom is 0.303 e. The molecule has 0 saturated carbocycles. The Kier molecular flexibility index (Phi) is 7.95. The summed E-state index contributed by atoms with van der Waals surface area (Å²) in [4.78, 5) is 36.8. The molecule has 0 unspecified atom stereocenters. The van der Waals surface area contributed by atoms with Crippen LogP contribution in [0.4, 0.5) is 5.69 Å². The van der Waals surface area contributed by atoms with Gasteiger partial charge in [0.05, 0.1) is 12.2 Å². The van der Waals surface area contributed by atoms with Crippen molar-refractivity contribution in [3.8, 4) is 0 Å². The lowest BCUT2D eigenvalue weighted by Gasteiger charge is -2.18. The molecule has 38 heavy (non-hydrogen) atoms. The molecule has 0 bridgehead atoms. The maximum absolute atomic E-state index is 13.5. The minimum Gasteiger partial charge on any atom is -0.481 e. The van der Waals surface area contributed by atoms with Crippen LogP contribution in [0.25, 0.3) is 10.9 Å². The van der Waals surface area contributed by atoms with E-state index >= 15 is 0 Å². The molecule has 3 N–H and O–H groups in total. The van der Waals surface area contributed by atoms with Gasteiger partial charge in [-0.25, -0.2) is 0 Å². The van der Waals surface area contributed by atoms with E-state index in [1.54, 1.807) is 19.2 Å². The lowest BCUT2D eigenvalue weighted by atomic mass is 10.0. The van der Waals surface area contributed by atoms with Crippen LogP contribution in [0.5, 0.6) is 0 Å². The molecule has 0 aliphatic heterocycles. The molecule has 0 radical (unpaired) electrons. The van der Waals surface area contributed by atoms with Gasteiger partial charge in [-0.05, 0) is 74.6 Å². The Labute approximate surface area is 221 Å². The molecule has 2 aromatic carbocycles. The van der Waals surface area contributed by atoms with Gasteiger partial charge in [0.1, 0.15) is 6.04 Å². The van der Waals surface area contributed by atoms with Crippen molar-refractivity contribution in [1.82, 2.24) is 19.7 Å². The average molecular weight is 516 g/mol. The molecule has 0 fully saturated rings. The number of rotatable bonds is 10. The number of hydrogen-bond acceptors (Lipinski definition) is 4. The van der Waals surface area contributed by atoms with E-state index in [2.05, 4.69) is 15.7 Å². The summed E-state index contributed by atoms with van der Waals surface area (Å²) in [5.41, 5.74) is 5.76. The largest absolute Gasteiger partial charge is 0.481 e. The number of hydrogen-bond donors (Lipinski definition) is 3. The lowest BCUT2D eigenvalue weighted by Crippen LogP contribution is -2.24. The normalized spacial score (nSPS) is 11.9. The average Bonchev–Trinajstić information content (AvgIpc) is 3.45. The summed E-state index contributed by atoms with van der Waals surface area (Å²) in [7, 11) is 1.59. The predicted molar refractivity (Wildman–Crippen MR) is 146 cm³/mol.